The van der Waals surface area contributed by atoms with Gasteiger partial charge in [0.2, 0.25) is 0 Å². The van der Waals surface area contributed by atoms with Gasteiger partial charge in [-0.25, -0.2) is 4.39 Å². The molecule has 1 rings (SSSR count). The van der Waals surface area contributed by atoms with Crippen LogP contribution in [-0.4, -0.2) is 40.7 Å². The lowest BCUT2D eigenvalue weighted by Crippen LogP contribution is -2.36. The molecule has 0 saturated heterocycles. The Morgan fingerprint density at radius 2 is 1.84 bits per heavy atom. The lowest BCUT2D eigenvalue weighted by atomic mass is 10.1. The predicted molar refractivity (Wildman–Crippen MR) is 70.3 cm³/mol. The predicted octanol–water partition coefficient (Wildman–Crippen LogP) is 1.90. The maximum Gasteiger partial charge on any atom is 0.317 e. The fraction of sp³-hybridized carbons (Fsp3) is 0.500. The molecule has 4 nitrogen and oxygen atoms in total. The highest BCUT2D eigenvalue weighted by atomic mass is 19.1. The number of hydrogen-bond acceptors (Lipinski definition) is 3. The zero-order valence-electron chi connectivity index (χ0n) is 11.2. The van der Waals surface area contributed by atoms with E-state index in [1.807, 2.05) is 13.8 Å². The molecule has 0 bridgehead atoms. The summed E-state index contributed by atoms with van der Waals surface area (Å²) in [6.07, 6.45) is -0.821. The van der Waals surface area contributed by atoms with E-state index in [9.17, 15) is 14.3 Å². The molecule has 2 N–H and O–H groups in total. The zero-order valence-corrected chi connectivity index (χ0v) is 11.2. The van der Waals surface area contributed by atoms with Gasteiger partial charge in [0.15, 0.2) is 0 Å². The number of aliphatic carboxylic acids is 1. The summed E-state index contributed by atoms with van der Waals surface area (Å²) in [4.78, 5) is 12.5. The quantitative estimate of drug-likeness (QED) is 0.793. The molecule has 19 heavy (non-hydrogen) atoms. The van der Waals surface area contributed by atoms with Crippen LogP contribution in [0.15, 0.2) is 24.3 Å². The van der Waals surface area contributed by atoms with Gasteiger partial charge in [-0.05, 0) is 23.6 Å². The van der Waals surface area contributed by atoms with E-state index in [4.69, 9.17) is 5.11 Å². The average molecular weight is 269 g/mol. The first-order valence-corrected chi connectivity index (χ1v) is 6.26. The first kappa shape index (κ1) is 15.6. The molecule has 0 aliphatic heterocycles. The largest absolute Gasteiger partial charge is 0.480 e. The van der Waals surface area contributed by atoms with Crippen molar-refractivity contribution in [3.8, 4) is 0 Å². The number of hydrogen-bond donors (Lipinski definition) is 2. The Hall–Kier alpha value is -1.46. The molecule has 5 heteroatoms. The highest BCUT2D eigenvalue weighted by Crippen LogP contribution is 2.15. The molecule has 0 radical (unpaired) electrons. The van der Waals surface area contributed by atoms with Crippen molar-refractivity contribution >= 4 is 5.97 Å². The van der Waals surface area contributed by atoms with E-state index in [1.165, 1.54) is 24.3 Å². The van der Waals surface area contributed by atoms with Gasteiger partial charge in [-0.15, -0.1) is 0 Å². The molecule has 106 valence electrons. The van der Waals surface area contributed by atoms with Crippen LogP contribution in [0.3, 0.4) is 0 Å². The number of carboxylic acids is 1. The number of nitrogens with zero attached hydrogens (tertiary/aromatic N) is 1. The van der Waals surface area contributed by atoms with Gasteiger partial charge in [0.1, 0.15) is 5.82 Å². The van der Waals surface area contributed by atoms with Crippen molar-refractivity contribution in [2.45, 2.75) is 20.0 Å². The zero-order chi connectivity index (χ0) is 14.4. The second-order valence-electron chi connectivity index (χ2n) is 5.05. The molecule has 1 atom stereocenters. The average Bonchev–Trinajstić information content (AvgIpc) is 2.27. The van der Waals surface area contributed by atoms with Gasteiger partial charge in [0, 0.05) is 13.1 Å². The van der Waals surface area contributed by atoms with Crippen molar-refractivity contribution in [1.82, 2.24) is 4.90 Å². The highest BCUT2D eigenvalue weighted by molar-refractivity contribution is 5.69. The number of benzene rings is 1. The van der Waals surface area contributed by atoms with Crippen LogP contribution in [-0.2, 0) is 4.79 Å². The standard InChI is InChI=1S/C14H20FNO3/c1-10(2)7-16(9-14(18)19)8-13(17)11-3-5-12(15)6-4-11/h3-6,10,13,17H,7-9H2,1-2H3,(H,18,19). The minimum Gasteiger partial charge on any atom is -0.480 e. The Morgan fingerprint density at radius 3 is 2.32 bits per heavy atom. The third kappa shape index (κ3) is 5.81. The molecule has 1 aromatic carbocycles. The van der Waals surface area contributed by atoms with E-state index in [2.05, 4.69) is 0 Å². The van der Waals surface area contributed by atoms with Crippen molar-refractivity contribution in [2.24, 2.45) is 5.92 Å². The fourth-order valence-electron chi connectivity index (χ4n) is 1.95. The summed E-state index contributed by atoms with van der Waals surface area (Å²) in [6.45, 7) is 4.66. The van der Waals surface area contributed by atoms with E-state index in [1.54, 1.807) is 4.90 Å². The monoisotopic (exact) mass is 269 g/mol. The molecule has 1 aromatic rings. The summed E-state index contributed by atoms with van der Waals surface area (Å²) in [5, 5.41) is 18.9. The van der Waals surface area contributed by atoms with Crippen LogP contribution in [0.1, 0.15) is 25.5 Å². The smallest absolute Gasteiger partial charge is 0.317 e. The van der Waals surface area contributed by atoms with E-state index < -0.39 is 12.1 Å². The van der Waals surface area contributed by atoms with Crippen LogP contribution in [0.2, 0.25) is 0 Å². The molecular weight excluding hydrogens is 249 g/mol. The molecule has 0 aliphatic carbocycles. The van der Waals surface area contributed by atoms with Crippen molar-refractivity contribution in [3.63, 3.8) is 0 Å². The molecular formula is C14H20FNO3. The maximum absolute atomic E-state index is 12.8. The van der Waals surface area contributed by atoms with Gasteiger partial charge in [0.05, 0.1) is 12.6 Å². The van der Waals surface area contributed by atoms with E-state index in [0.29, 0.717) is 18.0 Å². The minimum absolute atomic E-state index is 0.115. The van der Waals surface area contributed by atoms with Gasteiger partial charge in [-0.1, -0.05) is 26.0 Å². The number of aliphatic hydroxyl groups excluding tert-OH is 1. The highest BCUT2D eigenvalue weighted by Gasteiger charge is 2.17. The number of rotatable bonds is 7. The molecule has 1 unspecified atom stereocenters. The Kier molecular flexibility index (Phi) is 5.92. The van der Waals surface area contributed by atoms with E-state index in [-0.39, 0.29) is 18.9 Å². The first-order valence-electron chi connectivity index (χ1n) is 6.26. The summed E-state index contributed by atoms with van der Waals surface area (Å²) in [6, 6.07) is 5.58. The molecule has 0 spiro atoms. The van der Waals surface area contributed by atoms with Gasteiger partial charge >= 0.3 is 5.97 Å². The summed E-state index contributed by atoms with van der Waals surface area (Å²) >= 11 is 0. The van der Waals surface area contributed by atoms with Crippen LogP contribution in [0.4, 0.5) is 4.39 Å². The summed E-state index contributed by atoms with van der Waals surface area (Å²) < 4.78 is 12.8. The second-order valence-corrected chi connectivity index (χ2v) is 5.05. The second kappa shape index (κ2) is 7.21. The van der Waals surface area contributed by atoms with Gasteiger partial charge in [-0.2, -0.15) is 0 Å². The SMILES string of the molecule is CC(C)CN(CC(=O)O)CC(O)c1ccc(F)cc1. The molecule has 0 saturated carbocycles. The summed E-state index contributed by atoms with van der Waals surface area (Å²) in [5.41, 5.74) is 0.584. The Balaban J connectivity index is 2.66. The van der Waals surface area contributed by atoms with Gasteiger partial charge in [0.25, 0.3) is 0 Å². The third-order valence-corrected chi connectivity index (χ3v) is 2.67. The summed E-state index contributed by atoms with van der Waals surface area (Å²) in [7, 11) is 0. The number of carbonyl (C=O) groups is 1. The van der Waals surface area contributed by atoms with Crippen LogP contribution in [0.25, 0.3) is 0 Å². The van der Waals surface area contributed by atoms with Gasteiger partial charge < -0.3 is 10.2 Å². The van der Waals surface area contributed by atoms with Crippen molar-refractivity contribution in [3.05, 3.63) is 35.6 Å². The van der Waals surface area contributed by atoms with Crippen molar-refractivity contribution < 1.29 is 19.4 Å². The fourth-order valence-corrected chi connectivity index (χ4v) is 1.95. The topological polar surface area (TPSA) is 60.8 Å². The molecule has 0 heterocycles. The number of aliphatic hydroxyl groups is 1. The van der Waals surface area contributed by atoms with Crippen LogP contribution in [0, 0.1) is 11.7 Å². The Morgan fingerprint density at radius 1 is 1.26 bits per heavy atom. The van der Waals surface area contributed by atoms with Crippen molar-refractivity contribution in [1.29, 1.82) is 0 Å². The van der Waals surface area contributed by atoms with Crippen LogP contribution < -0.4 is 0 Å². The minimum atomic E-state index is -0.924. The lowest BCUT2D eigenvalue weighted by Gasteiger charge is -2.25. The number of carboxylic acid groups (broad SMARTS) is 1. The van der Waals surface area contributed by atoms with Crippen LogP contribution in [0.5, 0.6) is 0 Å². The molecule has 0 aromatic heterocycles. The van der Waals surface area contributed by atoms with Crippen molar-refractivity contribution in [2.75, 3.05) is 19.6 Å². The van der Waals surface area contributed by atoms with Crippen LogP contribution >= 0.6 is 0 Å². The molecule has 0 aliphatic rings. The molecule has 0 fully saturated rings. The lowest BCUT2D eigenvalue weighted by molar-refractivity contribution is -0.138. The van der Waals surface area contributed by atoms with E-state index >= 15 is 0 Å². The Labute approximate surface area is 112 Å². The van der Waals surface area contributed by atoms with Gasteiger partial charge in [-0.3, -0.25) is 9.69 Å². The normalized spacial score (nSPS) is 12.9. The van der Waals surface area contributed by atoms with E-state index in [0.717, 1.165) is 0 Å². The Bertz CT molecular complexity index is 406. The maximum atomic E-state index is 12.8. The first-order chi connectivity index (χ1) is 8.88. The third-order valence-electron chi connectivity index (χ3n) is 2.67. The molecule has 0 amide bonds. The number of halogens is 1. The summed E-state index contributed by atoms with van der Waals surface area (Å²) in [5.74, 6) is -0.979.